The maximum absolute atomic E-state index is 13.3. The van der Waals surface area contributed by atoms with E-state index < -0.39 is 0 Å². The third kappa shape index (κ3) is 3.58. The molecule has 2 aromatic rings. The van der Waals surface area contributed by atoms with Crippen molar-refractivity contribution >= 4 is 5.91 Å². The molecule has 1 heterocycles. The summed E-state index contributed by atoms with van der Waals surface area (Å²) in [5, 5.41) is 9.31. The molecule has 1 saturated heterocycles. The molecule has 1 atom stereocenters. The third-order valence-corrected chi connectivity index (χ3v) is 4.73. The van der Waals surface area contributed by atoms with Crippen molar-refractivity contribution in [2.75, 3.05) is 6.54 Å². The number of phenolic OH excluding ortho intramolecular Hbond substituents is 1. The summed E-state index contributed by atoms with van der Waals surface area (Å²) in [6.07, 6.45) is 3.01. The highest BCUT2D eigenvalue weighted by molar-refractivity contribution is 5.77. The lowest BCUT2D eigenvalue weighted by Gasteiger charge is -2.26. The van der Waals surface area contributed by atoms with Gasteiger partial charge in [0.1, 0.15) is 11.6 Å². The Balaban J connectivity index is 1.68. The van der Waals surface area contributed by atoms with E-state index in [1.807, 2.05) is 24.0 Å². The minimum absolute atomic E-state index is 0.0536. The second-order valence-electron chi connectivity index (χ2n) is 6.41. The van der Waals surface area contributed by atoms with Crippen molar-refractivity contribution in [1.82, 2.24) is 4.90 Å². The molecular formula is C20H22FNO2. The van der Waals surface area contributed by atoms with E-state index in [2.05, 4.69) is 0 Å². The third-order valence-electron chi connectivity index (χ3n) is 4.73. The number of halogens is 1. The van der Waals surface area contributed by atoms with Crippen LogP contribution in [0.2, 0.25) is 0 Å². The number of aromatic hydroxyl groups is 1. The Bertz CT molecular complexity index is 727. The van der Waals surface area contributed by atoms with Crippen LogP contribution in [0.4, 0.5) is 4.39 Å². The Morgan fingerprint density at radius 1 is 1.25 bits per heavy atom. The fraction of sp³-hybridized carbons (Fsp3) is 0.350. The standard InChI is InChI=1S/C20H22FNO2/c1-14-13-16(21)7-10-18(14)19-3-2-12-22(19)20(24)11-6-15-4-8-17(23)9-5-15/h4-5,7-10,13,19,23H,2-3,6,11-12H2,1H3. The molecule has 0 aliphatic carbocycles. The van der Waals surface area contributed by atoms with Crippen LogP contribution < -0.4 is 0 Å². The first-order chi connectivity index (χ1) is 11.5. The van der Waals surface area contributed by atoms with Crippen LogP contribution in [0.15, 0.2) is 42.5 Å². The highest BCUT2D eigenvalue weighted by Gasteiger charge is 2.30. The van der Waals surface area contributed by atoms with E-state index in [1.54, 1.807) is 18.2 Å². The highest BCUT2D eigenvalue weighted by Crippen LogP contribution is 2.34. The predicted octanol–water partition coefficient (Wildman–Crippen LogP) is 4.14. The van der Waals surface area contributed by atoms with Crippen molar-refractivity contribution in [1.29, 1.82) is 0 Å². The molecule has 1 N–H and O–H groups in total. The van der Waals surface area contributed by atoms with E-state index in [9.17, 15) is 14.3 Å². The Hall–Kier alpha value is -2.36. The number of likely N-dealkylation sites (tertiary alicyclic amines) is 1. The van der Waals surface area contributed by atoms with Crippen LogP contribution in [-0.2, 0) is 11.2 Å². The summed E-state index contributed by atoms with van der Waals surface area (Å²) in [6, 6.07) is 11.8. The Kier molecular flexibility index (Phi) is 4.84. The van der Waals surface area contributed by atoms with Gasteiger partial charge in [-0.05, 0) is 67.1 Å². The maximum atomic E-state index is 13.3. The van der Waals surface area contributed by atoms with Gasteiger partial charge in [-0.2, -0.15) is 0 Å². The number of phenols is 1. The van der Waals surface area contributed by atoms with Crippen molar-refractivity contribution in [3.8, 4) is 5.75 Å². The number of carbonyl (C=O) groups excluding carboxylic acids is 1. The number of hydrogen-bond donors (Lipinski definition) is 1. The minimum Gasteiger partial charge on any atom is -0.508 e. The lowest BCUT2D eigenvalue weighted by atomic mass is 9.99. The van der Waals surface area contributed by atoms with Crippen LogP contribution in [0.5, 0.6) is 5.75 Å². The Morgan fingerprint density at radius 3 is 2.71 bits per heavy atom. The quantitative estimate of drug-likeness (QED) is 0.917. The second kappa shape index (κ2) is 7.04. The molecule has 1 aliphatic heterocycles. The fourth-order valence-corrected chi connectivity index (χ4v) is 3.46. The molecule has 1 unspecified atom stereocenters. The predicted molar refractivity (Wildman–Crippen MR) is 91.3 cm³/mol. The van der Waals surface area contributed by atoms with E-state index in [-0.39, 0.29) is 23.5 Å². The molecule has 1 aliphatic rings. The molecule has 0 radical (unpaired) electrons. The number of rotatable bonds is 4. The van der Waals surface area contributed by atoms with E-state index in [0.717, 1.165) is 36.1 Å². The first-order valence-electron chi connectivity index (χ1n) is 8.38. The largest absolute Gasteiger partial charge is 0.508 e. The van der Waals surface area contributed by atoms with E-state index in [1.165, 1.54) is 12.1 Å². The SMILES string of the molecule is Cc1cc(F)ccc1C1CCCN1C(=O)CCc1ccc(O)cc1. The summed E-state index contributed by atoms with van der Waals surface area (Å²) in [5.74, 6) is 0.130. The summed E-state index contributed by atoms with van der Waals surface area (Å²) in [4.78, 5) is 14.6. The van der Waals surface area contributed by atoms with Crippen LogP contribution in [0.3, 0.4) is 0 Å². The molecule has 3 rings (SSSR count). The van der Waals surface area contributed by atoms with E-state index >= 15 is 0 Å². The smallest absolute Gasteiger partial charge is 0.223 e. The van der Waals surface area contributed by atoms with Gasteiger partial charge in [0, 0.05) is 13.0 Å². The first kappa shape index (κ1) is 16.5. The molecule has 4 heteroatoms. The zero-order valence-corrected chi connectivity index (χ0v) is 13.8. The van der Waals surface area contributed by atoms with E-state index in [4.69, 9.17) is 0 Å². The summed E-state index contributed by atoms with van der Waals surface area (Å²) in [6.45, 7) is 2.66. The van der Waals surface area contributed by atoms with Gasteiger partial charge in [-0.15, -0.1) is 0 Å². The number of amides is 1. The number of nitrogens with zero attached hydrogens (tertiary/aromatic N) is 1. The van der Waals surface area contributed by atoms with E-state index in [0.29, 0.717) is 12.8 Å². The zero-order valence-electron chi connectivity index (χ0n) is 13.8. The summed E-state index contributed by atoms with van der Waals surface area (Å²) < 4.78 is 13.3. The average Bonchev–Trinajstić information content (AvgIpc) is 3.03. The average molecular weight is 327 g/mol. The van der Waals surface area contributed by atoms with Crippen LogP contribution in [0, 0.1) is 12.7 Å². The van der Waals surface area contributed by atoms with Gasteiger partial charge >= 0.3 is 0 Å². The molecule has 24 heavy (non-hydrogen) atoms. The molecule has 0 spiro atoms. The molecule has 1 fully saturated rings. The van der Waals surface area contributed by atoms with Crippen molar-refractivity contribution in [3.05, 3.63) is 65.0 Å². The van der Waals surface area contributed by atoms with Gasteiger partial charge in [-0.1, -0.05) is 18.2 Å². The summed E-state index contributed by atoms with van der Waals surface area (Å²) >= 11 is 0. The maximum Gasteiger partial charge on any atom is 0.223 e. The topological polar surface area (TPSA) is 40.5 Å². The Labute approximate surface area is 141 Å². The molecule has 3 nitrogen and oxygen atoms in total. The Morgan fingerprint density at radius 2 is 2.00 bits per heavy atom. The zero-order chi connectivity index (χ0) is 17.1. The van der Waals surface area contributed by atoms with Crippen molar-refractivity contribution in [2.45, 2.75) is 38.6 Å². The summed E-state index contributed by atoms with van der Waals surface area (Å²) in [7, 11) is 0. The van der Waals surface area contributed by atoms with Gasteiger partial charge < -0.3 is 10.0 Å². The second-order valence-corrected chi connectivity index (χ2v) is 6.41. The van der Waals surface area contributed by atoms with Crippen LogP contribution >= 0.6 is 0 Å². The molecule has 0 saturated carbocycles. The molecule has 0 aromatic heterocycles. The molecular weight excluding hydrogens is 305 g/mol. The van der Waals surface area contributed by atoms with Gasteiger partial charge in [0.15, 0.2) is 0 Å². The fourth-order valence-electron chi connectivity index (χ4n) is 3.46. The number of hydrogen-bond acceptors (Lipinski definition) is 2. The van der Waals surface area contributed by atoms with Gasteiger partial charge in [0.2, 0.25) is 5.91 Å². The molecule has 1 amide bonds. The monoisotopic (exact) mass is 327 g/mol. The van der Waals surface area contributed by atoms with Gasteiger partial charge in [0.05, 0.1) is 6.04 Å². The molecule has 126 valence electrons. The first-order valence-corrected chi connectivity index (χ1v) is 8.38. The lowest BCUT2D eigenvalue weighted by molar-refractivity contribution is -0.132. The van der Waals surface area contributed by atoms with Gasteiger partial charge in [-0.3, -0.25) is 4.79 Å². The molecule has 0 bridgehead atoms. The van der Waals surface area contributed by atoms with Crippen LogP contribution in [0.1, 0.15) is 42.0 Å². The van der Waals surface area contributed by atoms with Crippen molar-refractivity contribution < 1.29 is 14.3 Å². The van der Waals surface area contributed by atoms with Crippen LogP contribution in [-0.4, -0.2) is 22.5 Å². The minimum atomic E-state index is -0.237. The number of benzene rings is 2. The normalized spacial score (nSPS) is 17.2. The highest BCUT2D eigenvalue weighted by atomic mass is 19.1. The van der Waals surface area contributed by atoms with Crippen LogP contribution in [0.25, 0.3) is 0 Å². The number of aryl methyl sites for hydroxylation is 2. The number of carbonyl (C=O) groups is 1. The molecule has 2 aromatic carbocycles. The van der Waals surface area contributed by atoms with Crippen molar-refractivity contribution in [3.63, 3.8) is 0 Å². The van der Waals surface area contributed by atoms with Gasteiger partial charge in [-0.25, -0.2) is 4.39 Å². The van der Waals surface area contributed by atoms with Crippen molar-refractivity contribution in [2.24, 2.45) is 0 Å². The summed E-state index contributed by atoms with van der Waals surface area (Å²) in [5.41, 5.74) is 2.99. The van der Waals surface area contributed by atoms with Gasteiger partial charge in [0.25, 0.3) is 0 Å². The lowest BCUT2D eigenvalue weighted by Crippen LogP contribution is -2.31.